The second kappa shape index (κ2) is 10.6. The topological polar surface area (TPSA) is 71.5 Å². The van der Waals surface area contributed by atoms with Gasteiger partial charge in [0.15, 0.2) is 0 Å². The van der Waals surface area contributed by atoms with Crippen LogP contribution in [-0.2, 0) is 22.4 Å². The molecule has 6 nitrogen and oxygen atoms in total. The van der Waals surface area contributed by atoms with Gasteiger partial charge in [-0.25, -0.2) is 13.1 Å². The third-order valence-electron chi connectivity index (χ3n) is 8.01. The van der Waals surface area contributed by atoms with E-state index in [-0.39, 0.29) is 30.0 Å². The molecule has 0 amide bonds. The van der Waals surface area contributed by atoms with Crippen LogP contribution in [0.25, 0.3) is 10.9 Å². The standard InChI is InChI=1S/C28H27F6N3O3S/c1-3-16-15-37-9-7-17(16)10-25(37)26(22-6-8-35-24-5-4-20(40-2)14-23(22)24)36-41(38,39)21-12-18(27(29,30)31)11-19(13-21)28(32,33)34/h3-6,8,11-14,16-17,25-26,36H,1,7,9-10,15H2,2H3/t16?,17?,25-,26+/m1/s1. The molecule has 0 radical (unpaired) electrons. The average Bonchev–Trinajstić information content (AvgIpc) is 2.94. The number of halogens is 6. The van der Waals surface area contributed by atoms with Crippen LogP contribution in [-0.4, -0.2) is 44.5 Å². The van der Waals surface area contributed by atoms with E-state index in [9.17, 15) is 34.8 Å². The van der Waals surface area contributed by atoms with Crippen LogP contribution in [0.1, 0.15) is 35.6 Å². The van der Waals surface area contributed by atoms with E-state index in [1.54, 1.807) is 24.3 Å². The number of nitrogens with zero attached hydrogens (tertiary/aromatic N) is 2. The Hall–Kier alpha value is -3.16. The largest absolute Gasteiger partial charge is 0.497 e. The van der Waals surface area contributed by atoms with Gasteiger partial charge in [0, 0.05) is 24.2 Å². The highest BCUT2D eigenvalue weighted by Crippen LogP contribution is 2.43. The Morgan fingerprint density at radius 1 is 1.07 bits per heavy atom. The number of pyridine rings is 1. The van der Waals surface area contributed by atoms with Crippen molar-refractivity contribution in [3.05, 3.63) is 78.0 Å². The molecule has 13 heteroatoms. The summed E-state index contributed by atoms with van der Waals surface area (Å²) < 4.78 is 116. The highest BCUT2D eigenvalue weighted by atomic mass is 32.2. The van der Waals surface area contributed by atoms with Crippen molar-refractivity contribution >= 4 is 20.9 Å². The van der Waals surface area contributed by atoms with E-state index in [4.69, 9.17) is 4.74 Å². The third kappa shape index (κ3) is 5.80. The molecule has 6 rings (SSSR count). The molecule has 41 heavy (non-hydrogen) atoms. The quantitative estimate of drug-likeness (QED) is 0.259. The van der Waals surface area contributed by atoms with E-state index in [1.807, 2.05) is 6.08 Å². The van der Waals surface area contributed by atoms with Crippen molar-refractivity contribution in [1.82, 2.24) is 14.6 Å². The number of methoxy groups -OCH3 is 1. The molecule has 4 heterocycles. The number of piperidine rings is 3. The lowest BCUT2D eigenvalue weighted by molar-refractivity contribution is -0.143. The zero-order valence-electron chi connectivity index (χ0n) is 21.8. The van der Waals surface area contributed by atoms with Crippen LogP contribution in [0.3, 0.4) is 0 Å². The van der Waals surface area contributed by atoms with Crippen molar-refractivity contribution < 1.29 is 39.5 Å². The molecule has 3 saturated heterocycles. The van der Waals surface area contributed by atoms with Crippen molar-refractivity contribution in [3.8, 4) is 5.75 Å². The molecule has 3 unspecified atom stereocenters. The minimum absolute atomic E-state index is 0.0968. The summed E-state index contributed by atoms with van der Waals surface area (Å²) in [6.07, 6.45) is -5.64. The number of hydrogen-bond donors (Lipinski definition) is 1. The summed E-state index contributed by atoms with van der Waals surface area (Å²) in [5.74, 6) is 0.852. The molecule has 3 aromatic rings. The molecule has 3 aliphatic rings. The second-order valence-corrected chi connectivity index (χ2v) is 12.1. The van der Waals surface area contributed by atoms with Gasteiger partial charge in [-0.05, 0) is 79.3 Å². The lowest BCUT2D eigenvalue weighted by Crippen LogP contribution is -2.57. The summed E-state index contributed by atoms with van der Waals surface area (Å²) >= 11 is 0. The van der Waals surface area contributed by atoms with Crippen molar-refractivity contribution in [2.24, 2.45) is 11.8 Å². The Kier molecular flexibility index (Phi) is 7.58. The van der Waals surface area contributed by atoms with Crippen molar-refractivity contribution in [3.63, 3.8) is 0 Å². The van der Waals surface area contributed by atoms with Gasteiger partial charge >= 0.3 is 12.4 Å². The molecule has 220 valence electrons. The second-order valence-electron chi connectivity index (χ2n) is 10.4. The summed E-state index contributed by atoms with van der Waals surface area (Å²) in [5, 5.41) is 0.544. The molecule has 2 bridgehead atoms. The number of rotatable bonds is 7. The maximum Gasteiger partial charge on any atom is 0.416 e. The summed E-state index contributed by atoms with van der Waals surface area (Å²) in [6.45, 7) is 5.16. The molecule has 1 N–H and O–H groups in total. The monoisotopic (exact) mass is 599 g/mol. The molecule has 0 spiro atoms. The van der Waals surface area contributed by atoms with Crippen molar-refractivity contribution in [2.45, 2.75) is 42.2 Å². The lowest BCUT2D eigenvalue weighted by atomic mass is 9.73. The first-order valence-corrected chi connectivity index (χ1v) is 14.3. The minimum atomic E-state index is -5.20. The predicted octanol–water partition coefficient (Wildman–Crippen LogP) is 6.20. The fourth-order valence-corrected chi connectivity index (χ4v) is 7.25. The number of sulfonamides is 1. The van der Waals surface area contributed by atoms with Gasteiger partial charge in [0.25, 0.3) is 0 Å². The number of aromatic nitrogens is 1. The Labute approximate surface area is 233 Å². The summed E-state index contributed by atoms with van der Waals surface area (Å²) in [5.41, 5.74) is -2.42. The molecular weight excluding hydrogens is 572 g/mol. The number of fused-ring (bicyclic) bond motifs is 4. The molecule has 2 aromatic carbocycles. The van der Waals surface area contributed by atoms with E-state index >= 15 is 0 Å². The van der Waals surface area contributed by atoms with Crippen LogP contribution in [0, 0.1) is 11.8 Å². The first-order chi connectivity index (χ1) is 19.2. The SMILES string of the molecule is C=CC1CN2CCC1C[C@@H]2[C@@H](NS(=O)(=O)c1cc(C(F)(F)F)cc(C(F)(F)F)c1)c1ccnc2ccc(OC)cc12. The smallest absolute Gasteiger partial charge is 0.416 e. The Morgan fingerprint density at radius 2 is 1.76 bits per heavy atom. The zero-order valence-corrected chi connectivity index (χ0v) is 22.7. The Balaban J connectivity index is 1.65. The molecule has 1 aromatic heterocycles. The highest BCUT2D eigenvalue weighted by molar-refractivity contribution is 7.89. The summed E-state index contributed by atoms with van der Waals surface area (Å²) in [7, 11) is -3.43. The average molecular weight is 600 g/mol. The molecule has 0 aliphatic carbocycles. The molecule has 0 saturated carbocycles. The minimum Gasteiger partial charge on any atom is -0.497 e. The molecular formula is C28H27F6N3O3S. The third-order valence-corrected chi connectivity index (χ3v) is 9.43. The number of nitrogens with one attached hydrogen (secondary N) is 1. The normalized spacial score (nSPS) is 23.9. The van der Waals surface area contributed by atoms with Crippen LogP contribution in [0.4, 0.5) is 26.3 Å². The van der Waals surface area contributed by atoms with Crippen molar-refractivity contribution in [1.29, 1.82) is 0 Å². The van der Waals surface area contributed by atoms with E-state index in [1.165, 1.54) is 13.3 Å². The van der Waals surface area contributed by atoms with Gasteiger partial charge in [-0.3, -0.25) is 9.88 Å². The highest BCUT2D eigenvalue weighted by Gasteiger charge is 2.45. The number of ether oxygens (including phenoxy) is 1. The molecule has 3 fully saturated rings. The maximum atomic E-state index is 13.7. The number of hydrogen-bond acceptors (Lipinski definition) is 5. The van der Waals surface area contributed by atoms with Gasteiger partial charge < -0.3 is 4.74 Å². The number of alkyl halides is 6. The fourth-order valence-electron chi connectivity index (χ4n) is 5.93. The summed E-state index contributed by atoms with van der Waals surface area (Å²) in [4.78, 5) is 5.31. The van der Waals surface area contributed by atoms with E-state index in [0.717, 1.165) is 6.42 Å². The van der Waals surface area contributed by atoms with Gasteiger partial charge in [-0.2, -0.15) is 26.3 Å². The van der Waals surface area contributed by atoms with E-state index < -0.39 is 50.5 Å². The fraction of sp³-hybridized carbons (Fsp3) is 0.393. The van der Waals surface area contributed by atoms with Crippen LogP contribution in [0.15, 0.2) is 66.2 Å². The Bertz CT molecular complexity index is 1540. The van der Waals surface area contributed by atoms with Crippen molar-refractivity contribution in [2.75, 3.05) is 20.2 Å². The van der Waals surface area contributed by atoms with Crippen LogP contribution >= 0.6 is 0 Å². The first kappa shape index (κ1) is 29.3. The van der Waals surface area contributed by atoms with Gasteiger partial charge in [-0.15, -0.1) is 6.58 Å². The van der Waals surface area contributed by atoms with Gasteiger partial charge in [0.2, 0.25) is 10.0 Å². The van der Waals surface area contributed by atoms with Crippen LogP contribution in [0.5, 0.6) is 5.75 Å². The maximum absolute atomic E-state index is 13.7. The van der Waals surface area contributed by atoms with Crippen LogP contribution < -0.4 is 9.46 Å². The molecule has 3 aliphatic heterocycles. The van der Waals surface area contributed by atoms with Gasteiger partial charge in [-0.1, -0.05) is 6.08 Å². The lowest BCUT2D eigenvalue weighted by Gasteiger charge is -2.51. The van der Waals surface area contributed by atoms with E-state index in [2.05, 4.69) is 21.2 Å². The Morgan fingerprint density at radius 3 is 2.32 bits per heavy atom. The van der Waals surface area contributed by atoms with Gasteiger partial charge in [0.1, 0.15) is 5.75 Å². The van der Waals surface area contributed by atoms with E-state index in [0.29, 0.717) is 41.7 Å². The molecule has 5 atom stereocenters. The van der Waals surface area contributed by atoms with Gasteiger partial charge in [0.05, 0.1) is 34.7 Å². The zero-order chi connectivity index (χ0) is 29.7. The predicted molar refractivity (Wildman–Crippen MR) is 140 cm³/mol. The number of benzene rings is 2. The summed E-state index contributed by atoms with van der Waals surface area (Å²) in [6, 6.07) is 5.56. The first-order valence-electron chi connectivity index (χ1n) is 12.8. The van der Waals surface area contributed by atoms with Crippen LogP contribution in [0.2, 0.25) is 0 Å².